The van der Waals surface area contributed by atoms with E-state index in [2.05, 4.69) is 6.92 Å². The Morgan fingerprint density at radius 1 is 0.875 bits per heavy atom. The van der Waals surface area contributed by atoms with Gasteiger partial charge in [0.25, 0.3) is 0 Å². The Kier molecular flexibility index (Phi) is 7.13. The van der Waals surface area contributed by atoms with Gasteiger partial charge < -0.3 is 0 Å². The number of unbranched alkanes of at least 4 members (excludes halogenated alkanes) is 1. The van der Waals surface area contributed by atoms with E-state index in [1.165, 1.54) is 0 Å². The van der Waals surface area contributed by atoms with Crippen LogP contribution in [0.5, 0.6) is 0 Å². The van der Waals surface area contributed by atoms with Crippen LogP contribution in [0.3, 0.4) is 0 Å². The topological polar surface area (TPSA) is 34.1 Å². The second kappa shape index (κ2) is 9.09. The van der Waals surface area contributed by atoms with Gasteiger partial charge >= 0.3 is 0 Å². The maximum Gasteiger partial charge on any atom is 0.0814 e. The molecule has 0 saturated heterocycles. The Morgan fingerprint density at radius 2 is 1.38 bits per heavy atom. The first-order valence-electron chi connectivity index (χ1n) is 8.17. The first-order chi connectivity index (χ1) is 11.5. The Labute approximate surface area is 149 Å². The van der Waals surface area contributed by atoms with E-state index < -0.39 is 21.6 Å². The summed E-state index contributed by atoms with van der Waals surface area (Å²) in [7, 11) is -2.54. The molecule has 24 heavy (non-hydrogen) atoms. The second-order valence-corrected chi connectivity index (χ2v) is 8.72. The van der Waals surface area contributed by atoms with Crippen LogP contribution in [0.4, 0.5) is 0 Å². The van der Waals surface area contributed by atoms with E-state index in [-0.39, 0.29) is 0 Å². The van der Waals surface area contributed by atoms with Gasteiger partial charge in [0.2, 0.25) is 0 Å². The summed E-state index contributed by atoms with van der Waals surface area (Å²) in [5, 5.41) is 1.68. The molecular weight excluding hydrogens is 336 g/mol. The van der Waals surface area contributed by atoms with Crippen LogP contribution in [0.1, 0.15) is 37.3 Å². The monoisotopic (exact) mass is 360 g/mol. The molecule has 2 rings (SSSR count). The van der Waals surface area contributed by atoms with E-state index in [4.69, 9.17) is 0 Å². The molecule has 0 aliphatic carbocycles. The normalized spacial score (nSPS) is 14.4. The lowest BCUT2D eigenvalue weighted by atomic mass is 10.2. The molecule has 128 valence electrons. The van der Waals surface area contributed by atoms with Crippen LogP contribution in [0.2, 0.25) is 0 Å². The zero-order valence-corrected chi connectivity index (χ0v) is 16.1. The Balaban J connectivity index is 2.29. The van der Waals surface area contributed by atoms with Crippen LogP contribution in [0, 0.1) is 13.8 Å². The fourth-order valence-corrected chi connectivity index (χ4v) is 4.74. The van der Waals surface area contributed by atoms with Gasteiger partial charge in [0.05, 0.1) is 21.6 Å². The third kappa shape index (κ3) is 5.25. The largest absolute Gasteiger partial charge is 0.250 e. The van der Waals surface area contributed by atoms with E-state index in [0.717, 1.165) is 38.7 Å². The van der Waals surface area contributed by atoms with Gasteiger partial charge in [-0.05, 0) is 51.0 Å². The van der Waals surface area contributed by atoms with E-state index in [0.29, 0.717) is 6.42 Å². The smallest absolute Gasteiger partial charge is 0.0814 e. The van der Waals surface area contributed by atoms with Crippen molar-refractivity contribution in [3.05, 3.63) is 70.0 Å². The van der Waals surface area contributed by atoms with Crippen molar-refractivity contribution in [1.29, 1.82) is 0 Å². The third-order valence-corrected chi connectivity index (χ3v) is 6.62. The molecule has 0 saturated carbocycles. The van der Waals surface area contributed by atoms with Gasteiger partial charge in [-0.3, -0.25) is 0 Å². The summed E-state index contributed by atoms with van der Waals surface area (Å²) in [6.45, 7) is 6.11. The molecular formula is C20H24O2S2. The number of allylic oxidation sites excluding steroid dienone is 1. The molecule has 0 aliphatic rings. The van der Waals surface area contributed by atoms with Crippen molar-refractivity contribution >= 4 is 21.6 Å². The van der Waals surface area contributed by atoms with E-state index in [1.807, 2.05) is 62.4 Å². The molecule has 0 radical (unpaired) electrons. The average Bonchev–Trinajstić information content (AvgIpc) is 2.59. The fourth-order valence-electron chi connectivity index (χ4n) is 2.22. The molecule has 2 aromatic rings. The van der Waals surface area contributed by atoms with E-state index in [9.17, 15) is 8.42 Å². The van der Waals surface area contributed by atoms with Crippen molar-refractivity contribution in [2.75, 3.05) is 0 Å². The number of aryl methyl sites for hydroxylation is 2. The molecule has 0 spiro atoms. The molecule has 0 aliphatic heterocycles. The second-order valence-electron chi connectivity index (χ2n) is 5.88. The number of rotatable bonds is 7. The van der Waals surface area contributed by atoms with Crippen molar-refractivity contribution in [2.45, 2.75) is 49.8 Å². The first-order valence-corrected chi connectivity index (χ1v) is 10.5. The van der Waals surface area contributed by atoms with Gasteiger partial charge in [-0.1, -0.05) is 48.7 Å². The third-order valence-electron chi connectivity index (χ3n) is 3.74. The molecule has 0 fully saturated rings. The summed E-state index contributed by atoms with van der Waals surface area (Å²) < 4.78 is 25.5. The van der Waals surface area contributed by atoms with Crippen molar-refractivity contribution < 1.29 is 8.42 Å². The molecule has 2 nitrogen and oxygen atoms in total. The van der Waals surface area contributed by atoms with Crippen LogP contribution >= 0.6 is 0 Å². The summed E-state index contributed by atoms with van der Waals surface area (Å²) in [5.74, 6) is 0. The number of hydrogen-bond donors (Lipinski definition) is 0. The van der Waals surface area contributed by atoms with E-state index >= 15 is 0 Å². The molecule has 4 heteroatoms. The lowest BCUT2D eigenvalue weighted by Gasteiger charge is -2.08. The van der Waals surface area contributed by atoms with Crippen LogP contribution in [0.25, 0.3) is 0 Å². The highest BCUT2D eigenvalue weighted by Crippen LogP contribution is 2.22. The van der Waals surface area contributed by atoms with Gasteiger partial charge in [0.15, 0.2) is 0 Å². The standard InChI is InChI=1S/C20H24O2S2/c1-4-5-6-20(24(22)19-13-9-17(3)10-14-19)15-23(21)18-11-7-16(2)8-12-18/h7-15H,4-6H2,1-3H3/b20-15-. The molecule has 0 bridgehead atoms. The fraction of sp³-hybridized carbons (Fsp3) is 0.300. The lowest BCUT2D eigenvalue weighted by molar-refractivity contribution is 0.681. The molecule has 0 aromatic heterocycles. The minimum Gasteiger partial charge on any atom is -0.250 e. The molecule has 0 N–H and O–H groups in total. The lowest BCUT2D eigenvalue weighted by Crippen LogP contribution is -1.99. The maximum absolute atomic E-state index is 12.9. The van der Waals surface area contributed by atoms with E-state index in [1.54, 1.807) is 5.41 Å². The van der Waals surface area contributed by atoms with Gasteiger partial charge in [-0.25, -0.2) is 8.42 Å². The predicted octanol–water partition coefficient (Wildman–Crippen LogP) is 5.25. The average molecular weight is 361 g/mol. The minimum absolute atomic E-state index is 0.703. The number of benzene rings is 2. The highest BCUT2D eigenvalue weighted by atomic mass is 32.2. The van der Waals surface area contributed by atoms with Crippen molar-refractivity contribution in [2.24, 2.45) is 0 Å². The Morgan fingerprint density at radius 3 is 1.88 bits per heavy atom. The maximum atomic E-state index is 12.9. The zero-order valence-electron chi connectivity index (χ0n) is 14.5. The zero-order chi connectivity index (χ0) is 17.5. The Bertz CT molecular complexity index is 744. The van der Waals surface area contributed by atoms with Crippen LogP contribution in [0.15, 0.2) is 68.6 Å². The van der Waals surface area contributed by atoms with Gasteiger partial charge in [-0.2, -0.15) is 0 Å². The van der Waals surface area contributed by atoms with Crippen molar-refractivity contribution in [3.8, 4) is 0 Å². The van der Waals surface area contributed by atoms with Crippen molar-refractivity contribution in [3.63, 3.8) is 0 Å². The predicted molar refractivity (Wildman–Crippen MR) is 103 cm³/mol. The molecule has 2 unspecified atom stereocenters. The van der Waals surface area contributed by atoms with Crippen LogP contribution in [-0.4, -0.2) is 8.42 Å². The highest BCUT2D eigenvalue weighted by Gasteiger charge is 2.12. The highest BCUT2D eigenvalue weighted by molar-refractivity contribution is 7.92. The molecule has 2 aromatic carbocycles. The molecule has 0 amide bonds. The van der Waals surface area contributed by atoms with Crippen LogP contribution in [-0.2, 0) is 21.6 Å². The molecule has 2 atom stereocenters. The summed E-state index contributed by atoms with van der Waals surface area (Å²) in [4.78, 5) is 2.26. The summed E-state index contributed by atoms with van der Waals surface area (Å²) >= 11 is 0. The summed E-state index contributed by atoms with van der Waals surface area (Å²) in [6.07, 6.45) is 2.66. The quantitative estimate of drug-likeness (QED) is 0.676. The molecule has 0 heterocycles. The number of hydrogen-bond acceptors (Lipinski definition) is 2. The first kappa shape index (κ1) is 18.8. The summed E-state index contributed by atoms with van der Waals surface area (Å²) in [5.41, 5.74) is 2.27. The van der Waals surface area contributed by atoms with Crippen molar-refractivity contribution in [1.82, 2.24) is 0 Å². The van der Waals surface area contributed by atoms with Crippen LogP contribution < -0.4 is 0 Å². The summed E-state index contributed by atoms with van der Waals surface area (Å²) in [6, 6.07) is 15.3. The van der Waals surface area contributed by atoms with Gasteiger partial charge in [-0.15, -0.1) is 0 Å². The minimum atomic E-state index is -1.28. The van der Waals surface area contributed by atoms with Gasteiger partial charge in [0, 0.05) is 20.1 Å². The van der Waals surface area contributed by atoms with Gasteiger partial charge in [0.1, 0.15) is 0 Å². The SMILES string of the molecule is CCCC/C(=C/S(=O)c1ccc(C)cc1)S(=O)c1ccc(C)cc1. The Hall–Kier alpha value is -1.52.